The van der Waals surface area contributed by atoms with Gasteiger partial charge in [-0.2, -0.15) is 0 Å². The first-order chi connectivity index (χ1) is 8.24. The Hall–Kier alpha value is -1.13. The first kappa shape index (κ1) is 13.9. The summed E-state index contributed by atoms with van der Waals surface area (Å²) >= 11 is 5.90. The fourth-order valence-electron chi connectivity index (χ4n) is 1.47. The third-order valence-electron chi connectivity index (χ3n) is 2.40. The molecule has 1 aromatic rings. The summed E-state index contributed by atoms with van der Waals surface area (Å²) in [4.78, 5) is 15.5. The van der Waals surface area contributed by atoms with Gasteiger partial charge in [-0.3, -0.25) is 9.78 Å². The lowest BCUT2D eigenvalue weighted by Crippen LogP contribution is -2.11. The van der Waals surface area contributed by atoms with E-state index in [2.05, 4.69) is 10.3 Å². The number of hydrogen-bond acceptors (Lipinski definition) is 3. The Balaban J connectivity index is 2.23. The average molecular weight is 256 g/mol. The monoisotopic (exact) mass is 255 g/mol. The molecule has 0 fully saturated rings. The average Bonchev–Trinajstić information content (AvgIpc) is 2.32. The predicted octanol–water partition coefficient (Wildman–Crippen LogP) is 2.58. The third kappa shape index (κ3) is 5.65. The number of nitrogens with one attached hydrogen (secondary N) is 1. The molecule has 0 unspecified atom stereocenters. The summed E-state index contributed by atoms with van der Waals surface area (Å²) in [7, 11) is 0. The highest BCUT2D eigenvalue weighted by Crippen LogP contribution is 2.19. The fourth-order valence-corrected chi connectivity index (χ4v) is 1.62. The van der Waals surface area contributed by atoms with E-state index in [0.717, 1.165) is 32.2 Å². The van der Waals surface area contributed by atoms with Gasteiger partial charge in [-0.25, -0.2) is 0 Å². The van der Waals surface area contributed by atoms with Crippen LogP contribution in [0.15, 0.2) is 18.5 Å². The van der Waals surface area contributed by atoms with Crippen molar-refractivity contribution in [3.8, 4) is 0 Å². The van der Waals surface area contributed by atoms with E-state index in [1.807, 2.05) is 0 Å². The number of nitrogens with two attached hydrogens (primary N) is 1. The Morgan fingerprint density at radius 2 is 2.12 bits per heavy atom. The molecular weight excluding hydrogens is 238 g/mol. The number of aromatic nitrogens is 1. The number of halogens is 1. The maximum atomic E-state index is 11.6. The van der Waals surface area contributed by atoms with Gasteiger partial charge >= 0.3 is 0 Å². The Morgan fingerprint density at radius 1 is 1.35 bits per heavy atom. The van der Waals surface area contributed by atoms with E-state index >= 15 is 0 Å². The molecule has 1 heterocycles. The Kier molecular flexibility index (Phi) is 6.58. The molecule has 94 valence electrons. The van der Waals surface area contributed by atoms with Gasteiger partial charge in [0.1, 0.15) is 0 Å². The number of hydrogen-bond donors (Lipinski definition) is 2. The largest absolute Gasteiger partial charge is 0.330 e. The molecule has 0 spiro atoms. The van der Waals surface area contributed by atoms with Crippen LogP contribution in [0.3, 0.4) is 0 Å². The molecule has 17 heavy (non-hydrogen) atoms. The molecule has 4 nitrogen and oxygen atoms in total. The molecule has 1 amide bonds. The zero-order valence-electron chi connectivity index (χ0n) is 9.79. The van der Waals surface area contributed by atoms with E-state index in [1.54, 1.807) is 18.5 Å². The molecule has 0 aromatic carbocycles. The van der Waals surface area contributed by atoms with Gasteiger partial charge in [0.2, 0.25) is 5.91 Å². The summed E-state index contributed by atoms with van der Waals surface area (Å²) in [6, 6.07) is 1.65. The smallest absolute Gasteiger partial charge is 0.224 e. The number of rotatable bonds is 7. The summed E-state index contributed by atoms with van der Waals surface area (Å²) in [5.74, 6) is -0.0207. The maximum absolute atomic E-state index is 11.6. The number of unbranched alkanes of at least 4 members (excludes halogenated alkanes) is 3. The zero-order chi connectivity index (χ0) is 12.5. The van der Waals surface area contributed by atoms with Crippen LogP contribution in [0.5, 0.6) is 0 Å². The first-order valence-electron chi connectivity index (χ1n) is 5.83. The van der Waals surface area contributed by atoms with Crippen LogP contribution in [0.25, 0.3) is 0 Å². The van der Waals surface area contributed by atoms with Crippen molar-refractivity contribution in [1.82, 2.24) is 4.98 Å². The molecule has 0 bridgehead atoms. The predicted molar refractivity (Wildman–Crippen MR) is 70.0 cm³/mol. The minimum atomic E-state index is -0.0207. The summed E-state index contributed by atoms with van der Waals surface area (Å²) in [5, 5.41) is 3.25. The number of anilines is 1. The summed E-state index contributed by atoms with van der Waals surface area (Å²) in [5.41, 5.74) is 5.96. The van der Waals surface area contributed by atoms with Crippen LogP contribution in [0.1, 0.15) is 32.1 Å². The van der Waals surface area contributed by atoms with Crippen LogP contribution in [0.4, 0.5) is 5.69 Å². The fraction of sp³-hybridized carbons (Fsp3) is 0.500. The van der Waals surface area contributed by atoms with Gasteiger partial charge in [-0.15, -0.1) is 0 Å². The second kappa shape index (κ2) is 8.03. The molecule has 1 aromatic heterocycles. The molecule has 0 aliphatic carbocycles. The molecule has 0 atom stereocenters. The molecule has 0 saturated carbocycles. The van der Waals surface area contributed by atoms with Crippen molar-refractivity contribution in [3.63, 3.8) is 0 Å². The van der Waals surface area contributed by atoms with Crippen molar-refractivity contribution < 1.29 is 4.79 Å². The van der Waals surface area contributed by atoms with Gasteiger partial charge in [-0.05, 0) is 25.5 Å². The maximum Gasteiger partial charge on any atom is 0.224 e. The van der Waals surface area contributed by atoms with Gasteiger partial charge in [-0.1, -0.05) is 24.4 Å². The van der Waals surface area contributed by atoms with Gasteiger partial charge in [0, 0.05) is 12.6 Å². The van der Waals surface area contributed by atoms with E-state index < -0.39 is 0 Å². The molecule has 3 N–H and O–H groups in total. The van der Waals surface area contributed by atoms with Crippen LogP contribution >= 0.6 is 11.6 Å². The van der Waals surface area contributed by atoms with Crippen LogP contribution in [-0.4, -0.2) is 17.4 Å². The molecule has 0 saturated heterocycles. The number of nitrogens with zero attached hydrogens (tertiary/aromatic N) is 1. The SMILES string of the molecule is NCCCCCCC(=O)Nc1cnccc1Cl. The van der Waals surface area contributed by atoms with E-state index in [1.165, 1.54) is 0 Å². The number of carbonyl (C=O) groups is 1. The Labute approximate surface area is 107 Å². The van der Waals surface area contributed by atoms with E-state index in [-0.39, 0.29) is 5.91 Å². The van der Waals surface area contributed by atoms with Crippen molar-refractivity contribution in [2.45, 2.75) is 32.1 Å². The molecule has 0 aliphatic heterocycles. The second-order valence-corrected chi connectivity index (χ2v) is 4.26. The third-order valence-corrected chi connectivity index (χ3v) is 2.73. The minimum Gasteiger partial charge on any atom is -0.330 e. The van der Waals surface area contributed by atoms with Crippen molar-refractivity contribution in [2.75, 3.05) is 11.9 Å². The van der Waals surface area contributed by atoms with Gasteiger partial charge < -0.3 is 11.1 Å². The van der Waals surface area contributed by atoms with E-state index in [9.17, 15) is 4.79 Å². The lowest BCUT2D eigenvalue weighted by atomic mass is 10.1. The molecular formula is C12H18ClN3O. The first-order valence-corrected chi connectivity index (χ1v) is 6.21. The van der Waals surface area contributed by atoms with Crippen molar-refractivity contribution in [1.29, 1.82) is 0 Å². The highest BCUT2D eigenvalue weighted by atomic mass is 35.5. The van der Waals surface area contributed by atoms with Crippen LogP contribution in [0.2, 0.25) is 5.02 Å². The molecule has 0 radical (unpaired) electrons. The second-order valence-electron chi connectivity index (χ2n) is 3.86. The van der Waals surface area contributed by atoms with E-state index in [4.69, 9.17) is 17.3 Å². The zero-order valence-corrected chi connectivity index (χ0v) is 10.5. The van der Waals surface area contributed by atoms with E-state index in [0.29, 0.717) is 17.1 Å². The summed E-state index contributed by atoms with van der Waals surface area (Å²) in [6.45, 7) is 0.720. The highest BCUT2D eigenvalue weighted by molar-refractivity contribution is 6.33. The standard InChI is InChI=1S/C12H18ClN3O/c13-10-6-8-15-9-11(10)16-12(17)5-3-1-2-4-7-14/h6,8-9H,1-5,7,14H2,(H,16,17). The summed E-state index contributed by atoms with van der Waals surface area (Å²) < 4.78 is 0. The Morgan fingerprint density at radius 3 is 2.82 bits per heavy atom. The highest BCUT2D eigenvalue weighted by Gasteiger charge is 2.05. The van der Waals surface area contributed by atoms with Crippen molar-refractivity contribution in [2.24, 2.45) is 5.73 Å². The number of amides is 1. The molecule has 0 aliphatic rings. The quantitative estimate of drug-likeness (QED) is 0.736. The Bertz CT molecular complexity index is 357. The topological polar surface area (TPSA) is 68.0 Å². The van der Waals surface area contributed by atoms with Crippen molar-refractivity contribution in [3.05, 3.63) is 23.5 Å². The number of carbonyl (C=O) groups excluding carboxylic acids is 1. The van der Waals surface area contributed by atoms with Gasteiger partial charge in [0.05, 0.1) is 16.9 Å². The lowest BCUT2D eigenvalue weighted by molar-refractivity contribution is -0.116. The normalized spacial score (nSPS) is 10.2. The van der Waals surface area contributed by atoms with Crippen molar-refractivity contribution >= 4 is 23.2 Å². The number of pyridine rings is 1. The minimum absolute atomic E-state index is 0.0207. The van der Waals surface area contributed by atoms with Crippen LogP contribution in [0, 0.1) is 0 Å². The molecule has 5 heteroatoms. The van der Waals surface area contributed by atoms with Crippen LogP contribution < -0.4 is 11.1 Å². The summed E-state index contributed by atoms with van der Waals surface area (Å²) in [6.07, 6.45) is 7.66. The van der Waals surface area contributed by atoms with Crippen LogP contribution in [-0.2, 0) is 4.79 Å². The molecule has 1 rings (SSSR count). The van der Waals surface area contributed by atoms with Gasteiger partial charge in [0.25, 0.3) is 0 Å². The lowest BCUT2D eigenvalue weighted by Gasteiger charge is -2.06. The van der Waals surface area contributed by atoms with Gasteiger partial charge in [0.15, 0.2) is 0 Å².